The molecule has 3 N–H and O–H groups in total. The molecule has 1 aromatic rings. The summed E-state index contributed by atoms with van der Waals surface area (Å²) in [6.07, 6.45) is 5.29. The number of rotatable bonds is 3. The minimum Gasteiger partial charge on any atom is -0.271 e. The van der Waals surface area contributed by atoms with E-state index in [0.717, 1.165) is 5.92 Å². The van der Waals surface area contributed by atoms with Gasteiger partial charge in [0.1, 0.15) is 0 Å². The molecule has 1 atom stereocenters. The molecule has 2 nitrogen and oxygen atoms in total. The number of hydrogen-bond donors (Lipinski definition) is 2. The van der Waals surface area contributed by atoms with Crippen LogP contribution in [0.1, 0.15) is 62.3 Å². The van der Waals surface area contributed by atoms with Crippen LogP contribution < -0.4 is 11.3 Å². The Kier molecular flexibility index (Phi) is 4.70. The molecule has 0 aromatic carbocycles. The lowest BCUT2D eigenvalue weighted by molar-refractivity contribution is 0.133. The van der Waals surface area contributed by atoms with Gasteiger partial charge in [-0.1, -0.05) is 20.8 Å². The molecule has 1 unspecified atom stereocenters. The van der Waals surface area contributed by atoms with Gasteiger partial charge in [0.15, 0.2) is 0 Å². The van der Waals surface area contributed by atoms with Gasteiger partial charge in [-0.3, -0.25) is 11.3 Å². The molecular formula is C16H28N2S. The highest BCUT2D eigenvalue weighted by Gasteiger charge is 2.33. The van der Waals surface area contributed by atoms with E-state index in [0.29, 0.717) is 17.4 Å². The van der Waals surface area contributed by atoms with Crippen molar-refractivity contribution in [1.82, 2.24) is 5.43 Å². The second-order valence-electron chi connectivity index (χ2n) is 7.07. The predicted octanol–water partition coefficient (Wildman–Crippen LogP) is 4.41. The Morgan fingerprint density at radius 1 is 1.21 bits per heavy atom. The third kappa shape index (κ3) is 3.59. The second-order valence-corrected chi connectivity index (χ2v) is 8.39. The molecule has 1 aliphatic rings. The fourth-order valence-corrected chi connectivity index (χ4v) is 4.42. The first-order valence-corrected chi connectivity index (χ1v) is 8.26. The first kappa shape index (κ1) is 15.0. The molecule has 1 heterocycles. The van der Waals surface area contributed by atoms with Gasteiger partial charge < -0.3 is 0 Å². The molecule has 0 spiro atoms. The molecule has 0 amide bonds. The van der Waals surface area contributed by atoms with E-state index >= 15 is 0 Å². The molecule has 0 aliphatic heterocycles. The highest BCUT2D eigenvalue weighted by Crippen LogP contribution is 2.44. The minimum atomic E-state index is 0.347. The number of thiophene rings is 1. The summed E-state index contributed by atoms with van der Waals surface area (Å²) in [5, 5.41) is 0. The molecule has 108 valence electrons. The quantitative estimate of drug-likeness (QED) is 0.635. The van der Waals surface area contributed by atoms with Crippen LogP contribution in [0, 0.1) is 24.2 Å². The Morgan fingerprint density at radius 3 is 2.26 bits per heavy atom. The molecule has 1 fully saturated rings. The summed E-state index contributed by atoms with van der Waals surface area (Å²) < 4.78 is 0. The zero-order valence-corrected chi connectivity index (χ0v) is 13.5. The maximum atomic E-state index is 5.82. The number of hydrazine groups is 1. The highest BCUT2D eigenvalue weighted by molar-refractivity contribution is 7.12. The van der Waals surface area contributed by atoms with Crippen molar-refractivity contribution in [3.63, 3.8) is 0 Å². The van der Waals surface area contributed by atoms with Crippen LogP contribution in [0.5, 0.6) is 0 Å². The van der Waals surface area contributed by atoms with Gasteiger partial charge in [-0.2, -0.15) is 0 Å². The maximum Gasteiger partial charge on any atom is 0.0581 e. The first-order valence-electron chi connectivity index (χ1n) is 7.44. The van der Waals surface area contributed by atoms with Crippen molar-refractivity contribution in [2.75, 3.05) is 0 Å². The van der Waals surface area contributed by atoms with E-state index in [9.17, 15) is 0 Å². The fraction of sp³-hybridized carbons (Fsp3) is 0.750. The number of aryl methyl sites for hydroxylation is 1. The van der Waals surface area contributed by atoms with Crippen molar-refractivity contribution in [2.24, 2.45) is 23.1 Å². The third-order valence-electron chi connectivity index (χ3n) is 4.72. The summed E-state index contributed by atoms with van der Waals surface area (Å²) in [5.74, 6) is 7.39. The Balaban J connectivity index is 1.99. The Bertz CT molecular complexity index is 397. The van der Waals surface area contributed by atoms with Gasteiger partial charge in [0.05, 0.1) is 6.04 Å². The number of nitrogens with one attached hydrogen (secondary N) is 1. The molecule has 3 heteroatoms. The lowest BCUT2D eigenvalue weighted by atomic mass is 9.68. The van der Waals surface area contributed by atoms with Gasteiger partial charge in [0.2, 0.25) is 0 Å². The monoisotopic (exact) mass is 280 g/mol. The van der Waals surface area contributed by atoms with Crippen LogP contribution in [-0.2, 0) is 0 Å². The number of hydrogen-bond acceptors (Lipinski definition) is 3. The Morgan fingerprint density at radius 2 is 1.84 bits per heavy atom. The summed E-state index contributed by atoms with van der Waals surface area (Å²) in [7, 11) is 0. The summed E-state index contributed by atoms with van der Waals surface area (Å²) in [6.45, 7) is 9.29. The molecule has 1 saturated carbocycles. The van der Waals surface area contributed by atoms with Gasteiger partial charge in [0, 0.05) is 9.75 Å². The van der Waals surface area contributed by atoms with Gasteiger partial charge in [0.25, 0.3) is 0 Å². The summed E-state index contributed by atoms with van der Waals surface area (Å²) in [5.41, 5.74) is 3.52. The SMILES string of the molecule is Cc1ccc(C(NN)C2CCC(C(C)(C)C)CC2)s1. The van der Waals surface area contributed by atoms with Crippen molar-refractivity contribution in [2.45, 2.75) is 59.4 Å². The minimum absolute atomic E-state index is 0.347. The largest absolute Gasteiger partial charge is 0.271 e. The first-order chi connectivity index (χ1) is 8.91. The number of nitrogens with two attached hydrogens (primary N) is 1. The topological polar surface area (TPSA) is 38.0 Å². The molecule has 1 aliphatic carbocycles. The average molecular weight is 280 g/mol. The van der Waals surface area contributed by atoms with Crippen molar-refractivity contribution >= 4 is 11.3 Å². The van der Waals surface area contributed by atoms with E-state index in [1.165, 1.54) is 35.4 Å². The van der Waals surface area contributed by atoms with Crippen LogP contribution in [0.4, 0.5) is 0 Å². The molecule has 2 rings (SSSR count). The maximum absolute atomic E-state index is 5.82. The van der Waals surface area contributed by atoms with E-state index < -0.39 is 0 Å². The van der Waals surface area contributed by atoms with Crippen molar-refractivity contribution in [1.29, 1.82) is 0 Å². The molecular weight excluding hydrogens is 252 g/mol. The van der Waals surface area contributed by atoms with Crippen LogP contribution in [0.25, 0.3) is 0 Å². The van der Waals surface area contributed by atoms with Gasteiger partial charge in [-0.25, -0.2) is 0 Å². The van der Waals surface area contributed by atoms with Crippen LogP contribution in [-0.4, -0.2) is 0 Å². The highest BCUT2D eigenvalue weighted by atomic mass is 32.1. The molecule has 0 radical (unpaired) electrons. The zero-order valence-electron chi connectivity index (χ0n) is 12.7. The summed E-state index contributed by atoms with van der Waals surface area (Å²) in [6, 6.07) is 4.78. The van der Waals surface area contributed by atoms with Crippen LogP contribution in [0.2, 0.25) is 0 Å². The smallest absolute Gasteiger partial charge is 0.0581 e. The Hall–Kier alpha value is -0.380. The zero-order chi connectivity index (χ0) is 14.0. The predicted molar refractivity (Wildman–Crippen MR) is 84.0 cm³/mol. The van der Waals surface area contributed by atoms with Gasteiger partial charge in [-0.15, -0.1) is 11.3 Å². The van der Waals surface area contributed by atoms with E-state index in [2.05, 4.69) is 45.3 Å². The Labute approximate surface area is 121 Å². The van der Waals surface area contributed by atoms with Crippen LogP contribution >= 0.6 is 11.3 Å². The van der Waals surface area contributed by atoms with Crippen LogP contribution in [0.3, 0.4) is 0 Å². The standard InChI is InChI=1S/C16H28N2S/c1-11-5-10-14(19-11)15(18-17)12-6-8-13(9-7-12)16(2,3)4/h5,10,12-13,15,18H,6-9,17H2,1-4H3. The molecule has 0 saturated heterocycles. The average Bonchev–Trinajstić information content (AvgIpc) is 2.76. The second kappa shape index (κ2) is 5.94. The van der Waals surface area contributed by atoms with E-state index in [-0.39, 0.29) is 0 Å². The molecule has 0 bridgehead atoms. The van der Waals surface area contributed by atoms with Gasteiger partial charge >= 0.3 is 0 Å². The molecule has 19 heavy (non-hydrogen) atoms. The van der Waals surface area contributed by atoms with Crippen molar-refractivity contribution < 1.29 is 0 Å². The summed E-state index contributed by atoms with van der Waals surface area (Å²) in [4.78, 5) is 2.78. The lowest BCUT2D eigenvalue weighted by Gasteiger charge is -2.39. The van der Waals surface area contributed by atoms with Crippen molar-refractivity contribution in [3.05, 3.63) is 21.9 Å². The molecule has 1 aromatic heterocycles. The van der Waals surface area contributed by atoms with Crippen LogP contribution in [0.15, 0.2) is 12.1 Å². The lowest BCUT2D eigenvalue weighted by Crippen LogP contribution is -2.36. The van der Waals surface area contributed by atoms with E-state index in [1.807, 2.05) is 11.3 Å². The normalized spacial score (nSPS) is 26.4. The van der Waals surface area contributed by atoms with E-state index in [4.69, 9.17) is 5.84 Å². The summed E-state index contributed by atoms with van der Waals surface area (Å²) >= 11 is 1.88. The van der Waals surface area contributed by atoms with Crippen molar-refractivity contribution in [3.8, 4) is 0 Å². The third-order valence-corrected chi connectivity index (χ3v) is 5.80. The van der Waals surface area contributed by atoms with Gasteiger partial charge in [-0.05, 0) is 62.0 Å². The van der Waals surface area contributed by atoms with E-state index in [1.54, 1.807) is 0 Å². The fourth-order valence-electron chi connectivity index (χ4n) is 3.39.